The van der Waals surface area contributed by atoms with Crippen LogP contribution in [-0.4, -0.2) is 63.3 Å². The van der Waals surface area contributed by atoms with E-state index in [9.17, 15) is 4.79 Å². The Labute approximate surface area is 104 Å². The summed E-state index contributed by atoms with van der Waals surface area (Å²) in [4.78, 5) is 13.8. The molecule has 1 amide bonds. The van der Waals surface area contributed by atoms with E-state index >= 15 is 0 Å². The van der Waals surface area contributed by atoms with Gasteiger partial charge in [0, 0.05) is 26.2 Å². The first-order chi connectivity index (χ1) is 8.11. The fourth-order valence-corrected chi connectivity index (χ4v) is 1.85. The number of carbonyl (C=O) groups excluding carboxylic acids is 1. The number of nitrogens with zero attached hydrogens (tertiary/aromatic N) is 1. The van der Waals surface area contributed by atoms with Gasteiger partial charge in [-0.15, -0.1) is 0 Å². The highest BCUT2D eigenvalue weighted by Gasteiger charge is 2.21. The minimum atomic E-state index is 0.115. The van der Waals surface area contributed by atoms with Crippen LogP contribution in [0.15, 0.2) is 0 Å². The molecule has 1 rings (SSSR count). The standard InChI is InChI=1S/C12H25N3O2/c1-10(2)6-14-12(16)9-15-4-5-17-11(8-15)7-13-3/h10-11,13H,4-9H2,1-3H3,(H,14,16). The third-order valence-corrected chi connectivity index (χ3v) is 2.73. The van der Waals surface area contributed by atoms with E-state index in [4.69, 9.17) is 4.74 Å². The van der Waals surface area contributed by atoms with Crippen molar-refractivity contribution in [3.8, 4) is 0 Å². The van der Waals surface area contributed by atoms with Gasteiger partial charge in [0.15, 0.2) is 0 Å². The van der Waals surface area contributed by atoms with Crippen LogP contribution in [0.3, 0.4) is 0 Å². The molecule has 0 radical (unpaired) electrons. The van der Waals surface area contributed by atoms with Gasteiger partial charge in [-0.2, -0.15) is 0 Å². The van der Waals surface area contributed by atoms with Crippen molar-refractivity contribution in [2.24, 2.45) is 5.92 Å². The molecule has 0 aliphatic carbocycles. The summed E-state index contributed by atoms with van der Waals surface area (Å²) in [5.74, 6) is 0.615. The molecular weight excluding hydrogens is 218 g/mol. The van der Waals surface area contributed by atoms with Gasteiger partial charge in [0.25, 0.3) is 0 Å². The minimum Gasteiger partial charge on any atom is -0.374 e. The van der Waals surface area contributed by atoms with E-state index in [1.54, 1.807) is 0 Å². The summed E-state index contributed by atoms with van der Waals surface area (Å²) < 4.78 is 5.59. The molecule has 2 N–H and O–H groups in total. The van der Waals surface area contributed by atoms with E-state index in [-0.39, 0.29) is 12.0 Å². The third-order valence-electron chi connectivity index (χ3n) is 2.73. The Morgan fingerprint density at radius 1 is 1.53 bits per heavy atom. The molecule has 1 fully saturated rings. The van der Waals surface area contributed by atoms with Crippen LogP contribution in [0, 0.1) is 5.92 Å². The topological polar surface area (TPSA) is 53.6 Å². The largest absolute Gasteiger partial charge is 0.374 e. The second-order valence-corrected chi connectivity index (χ2v) is 4.98. The van der Waals surface area contributed by atoms with Crippen LogP contribution in [0.2, 0.25) is 0 Å². The number of ether oxygens (including phenoxy) is 1. The summed E-state index contributed by atoms with van der Waals surface area (Å²) in [5, 5.41) is 6.04. The van der Waals surface area contributed by atoms with Gasteiger partial charge in [-0.1, -0.05) is 13.8 Å². The van der Waals surface area contributed by atoms with Crippen molar-refractivity contribution in [2.75, 3.05) is 46.4 Å². The monoisotopic (exact) mass is 243 g/mol. The normalized spacial score (nSPS) is 21.8. The number of hydrogen-bond acceptors (Lipinski definition) is 4. The first-order valence-corrected chi connectivity index (χ1v) is 6.37. The zero-order chi connectivity index (χ0) is 12.7. The first-order valence-electron chi connectivity index (χ1n) is 6.37. The Hall–Kier alpha value is -0.650. The third kappa shape index (κ3) is 6.00. The molecule has 1 atom stereocenters. The number of carbonyl (C=O) groups is 1. The number of rotatable bonds is 6. The highest BCUT2D eigenvalue weighted by Crippen LogP contribution is 2.03. The van der Waals surface area contributed by atoms with E-state index < -0.39 is 0 Å². The van der Waals surface area contributed by atoms with Crippen LogP contribution < -0.4 is 10.6 Å². The van der Waals surface area contributed by atoms with Crippen molar-refractivity contribution in [3.63, 3.8) is 0 Å². The van der Waals surface area contributed by atoms with Gasteiger partial charge in [0.2, 0.25) is 5.91 Å². The van der Waals surface area contributed by atoms with E-state index in [0.29, 0.717) is 19.1 Å². The Morgan fingerprint density at radius 3 is 2.94 bits per heavy atom. The SMILES string of the molecule is CNCC1CN(CC(=O)NCC(C)C)CCO1. The van der Waals surface area contributed by atoms with Gasteiger partial charge in [-0.05, 0) is 13.0 Å². The lowest BCUT2D eigenvalue weighted by molar-refractivity contribution is -0.124. The molecule has 0 aromatic rings. The second-order valence-electron chi connectivity index (χ2n) is 4.98. The van der Waals surface area contributed by atoms with Crippen LogP contribution >= 0.6 is 0 Å². The van der Waals surface area contributed by atoms with E-state index in [1.165, 1.54) is 0 Å². The highest BCUT2D eigenvalue weighted by molar-refractivity contribution is 5.78. The second kappa shape index (κ2) is 7.63. The number of hydrogen-bond donors (Lipinski definition) is 2. The van der Waals surface area contributed by atoms with Gasteiger partial charge in [0.1, 0.15) is 0 Å². The summed E-state index contributed by atoms with van der Waals surface area (Å²) in [6, 6.07) is 0. The van der Waals surface area contributed by atoms with Crippen molar-refractivity contribution >= 4 is 5.91 Å². The number of amides is 1. The van der Waals surface area contributed by atoms with Crippen molar-refractivity contribution in [1.82, 2.24) is 15.5 Å². The lowest BCUT2D eigenvalue weighted by Crippen LogP contribution is -2.49. The summed E-state index contributed by atoms with van der Waals surface area (Å²) in [7, 11) is 1.91. The average molecular weight is 243 g/mol. The van der Waals surface area contributed by atoms with Crippen molar-refractivity contribution in [1.29, 1.82) is 0 Å². The summed E-state index contributed by atoms with van der Waals surface area (Å²) >= 11 is 0. The molecule has 0 aromatic heterocycles. The van der Waals surface area contributed by atoms with E-state index in [0.717, 1.165) is 26.2 Å². The van der Waals surface area contributed by atoms with Crippen LogP contribution in [0.5, 0.6) is 0 Å². The summed E-state index contributed by atoms with van der Waals surface area (Å²) in [5.41, 5.74) is 0. The lowest BCUT2D eigenvalue weighted by atomic mass is 10.2. The number of likely N-dealkylation sites (N-methyl/N-ethyl adjacent to an activating group) is 1. The highest BCUT2D eigenvalue weighted by atomic mass is 16.5. The smallest absolute Gasteiger partial charge is 0.234 e. The van der Waals surface area contributed by atoms with E-state index in [2.05, 4.69) is 29.4 Å². The summed E-state index contributed by atoms with van der Waals surface area (Å²) in [6.45, 7) is 8.65. The lowest BCUT2D eigenvalue weighted by Gasteiger charge is -2.32. The minimum absolute atomic E-state index is 0.115. The zero-order valence-corrected chi connectivity index (χ0v) is 11.2. The van der Waals surface area contributed by atoms with Crippen molar-refractivity contribution in [2.45, 2.75) is 20.0 Å². The molecule has 17 heavy (non-hydrogen) atoms. The van der Waals surface area contributed by atoms with Crippen LogP contribution in [-0.2, 0) is 9.53 Å². The average Bonchev–Trinajstić information content (AvgIpc) is 2.27. The Balaban J connectivity index is 2.23. The first kappa shape index (κ1) is 14.4. The van der Waals surface area contributed by atoms with Crippen LogP contribution in [0.4, 0.5) is 0 Å². The maximum atomic E-state index is 11.7. The predicted octanol–water partition coefficient (Wildman–Crippen LogP) is -0.321. The van der Waals surface area contributed by atoms with Crippen LogP contribution in [0.25, 0.3) is 0 Å². The fourth-order valence-electron chi connectivity index (χ4n) is 1.85. The van der Waals surface area contributed by atoms with Crippen molar-refractivity contribution < 1.29 is 9.53 Å². The zero-order valence-electron chi connectivity index (χ0n) is 11.2. The Morgan fingerprint density at radius 2 is 2.29 bits per heavy atom. The quantitative estimate of drug-likeness (QED) is 0.671. The molecule has 1 saturated heterocycles. The molecule has 0 spiro atoms. The van der Waals surface area contributed by atoms with Crippen molar-refractivity contribution in [3.05, 3.63) is 0 Å². The van der Waals surface area contributed by atoms with Gasteiger partial charge in [-0.25, -0.2) is 0 Å². The number of morpholine rings is 1. The fraction of sp³-hybridized carbons (Fsp3) is 0.917. The molecule has 1 aliphatic heterocycles. The van der Waals surface area contributed by atoms with Gasteiger partial charge in [0.05, 0.1) is 19.3 Å². The van der Waals surface area contributed by atoms with Gasteiger partial charge >= 0.3 is 0 Å². The molecule has 1 heterocycles. The summed E-state index contributed by atoms with van der Waals surface area (Å²) in [6.07, 6.45) is 0.201. The molecule has 1 unspecified atom stereocenters. The number of nitrogens with one attached hydrogen (secondary N) is 2. The molecule has 100 valence electrons. The Bertz CT molecular complexity index is 232. The molecule has 5 nitrogen and oxygen atoms in total. The van der Waals surface area contributed by atoms with Gasteiger partial charge in [-0.3, -0.25) is 9.69 Å². The Kier molecular flexibility index (Phi) is 6.47. The molecule has 1 aliphatic rings. The van der Waals surface area contributed by atoms with Gasteiger partial charge < -0.3 is 15.4 Å². The van der Waals surface area contributed by atoms with E-state index in [1.807, 2.05) is 7.05 Å². The molecular formula is C12H25N3O2. The van der Waals surface area contributed by atoms with Crippen LogP contribution in [0.1, 0.15) is 13.8 Å². The molecule has 0 bridgehead atoms. The predicted molar refractivity (Wildman–Crippen MR) is 68.0 cm³/mol. The molecule has 0 aromatic carbocycles. The maximum Gasteiger partial charge on any atom is 0.234 e. The molecule has 0 saturated carbocycles. The maximum absolute atomic E-state index is 11.7. The molecule has 5 heteroatoms.